The van der Waals surface area contributed by atoms with E-state index in [2.05, 4.69) is 17.0 Å². The predicted octanol–water partition coefficient (Wildman–Crippen LogP) is 3.64. The highest BCUT2D eigenvalue weighted by molar-refractivity contribution is 6.35. The van der Waals surface area contributed by atoms with Crippen molar-refractivity contribution in [2.45, 2.75) is 12.6 Å². The molecule has 1 aromatic heterocycles. The number of hydroxylamine groups is 1. The molecule has 0 aliphatic rings. The minimum absolute atomic E-state index is 0.117. The minimum Gasteiger partial charge on any atom is -0.335 e. The molecule has 2 aromatic rings. The van der Waals surface area contributed by atoms with E-state index in [4.69, 9.17) is 28.0 Å². The smallest absolute Gasteiger partial charge is 0.0946 e. The molecule has 0 aliphatic carbocycles. The summed E-state index contributed by atoms with van der Waals surface area (Å²) in [5.74, 6) is 0. The zero-order valence-electron chi connectivity index (χ0n) is 10.8. The Bertz CT molecular complexity index is 558. The first-order chi connectivity index (χ1) is 9.70. The van der Waals surface area contributed by atoms with E-state index in [0.717, 1.165) is 5.56 Å². The Morgan fingerprint density at radius 1 is 1.45 bits per heavy atom. The molecule has 106 valence electrons. The summed E-state index contributed by atoms with van der Waals surface area (Å²) < 4.78 is 1.94. The van der Waals surface area contributed by atoms with E-state index in [-0.39, 0.29) is 6.04 Å². The van der Waals surface area contributed by atoms with Crippen molar-refractivity contribution < 1.29 is 4.84 Å². The van der Waals surface area contributed by atoms with Gasteiger partial charge in [0, 0.05) is 29.0 Å². The number of rotatable bonds is 7. The molecule has 2 rings (SSSR count). The lowest BCUT2D eigenvalue weighted by atomic mass is 10.1. The highest BCUT2D eigenvalue weighted by Crippen LogP contribution is 2.27. The van der Waals surface area contributed by atoms with Crippen LogP contribution in [0.5, 0.6) is 0 Å². The van der Waals surface area contributed by atoms with E-state index in [0.29, 0.717) is 23.2 Å². The summed E-state index contributed by atoms with van der Waals surface area (Å²) in [6, 6.07) is 5.29. The number of hydrogen-bond donors (Lipinski definition) is 1. The van der Waals surface area contributed by atoms with Gasteiger partial charge in [0.2, 0.25) is 0 Å². The second-order valence-corrected chi connectivity index (χ2v) is 5.04. The van der Waals surface area contributed by atoms with Crippen LogP contribution in [0.15, 0.2) is 49.6 Å². The largest absolute Gasteiger partial charge is 0.335 e. The van der Waals surface area contributed by atoms with Crippen LogP contribution < -0.4 is 5.48 Å². The number of nitrogens with one attached hydrogen (secondary N) is 1. The van der Waals surface area contributed by atoms with E-state index >= 15 is 0 Å². The van der Waals surface area contributed by atoms with Gasteiger partial charge in [-0.2, -0.15) is 5.48 Å². The van der Waals surface area contributed by atoms with E-state index < -0.39 is 0 Å². The Kier molecular flexibility index (Phi) is 5.61. The Balaban J connectivity index is 2.17. The lowest BCUT2D eigenvalue weighted by molar-refractivity contribution is 0.0298. The highest BCUT2D eigenvalue weighted by atomic mass is 35.5. The quantitative estimate of drug-likeness (QED) is 0.482. The summed E-state index contributed by atoms with van der Waals surface area (Å²) in [7, 11) is 0. The standard InChI is InChI=1S/C14H15Cl2N3O/c1-2-7-20-18-14(9-19-6-5-17-10-19)12-4-3-11(15)8-13(12)16/h2-6,8,10,14,18H,1,7,9H2. The summed E-state index contributed by atoms with van der Waals surface area (Å²) in [6.07, 6.45) is 7.02. The van der Waals surface area contributed by atoms with Crippen LogP contribution in [0.1, 0.15) is 11.6 Å². The van der Waals surface area contributed by atoms with Gasteiger partial charge in [-0.25, -0.2) is 4.98 Å². The SMILES string of the molecule is C=CCONC(Cn1ccnc1)c1ccc(Cl)cc1Cl. The van der Waals surface area contributed by atoms with Gasteiger partial charge >= 0.3 is 0 Å². The molecule has 0 saturated heterocycles. The van der Waals surface area contributed by atoms with Gasteiger partial charge in [0.25, 0.3) is 0 Å². The van der Waals surface area contributed by atoms with Gasteiger partial charge < -0.3 is 4.57 Å². The van der Waals surface area contributed by atoms with E-state index in [1.807, 2.05) is 16.8 Å². The van der Waals surface area contributed by atoms with Crippen molar-refractivity contribution in [2.24, 2.45) is 0 Å². The minimum atomic E-state index is -0.117. The Morgan fingerprint density at radius 3 is 2.95 bits per heavy atom. The topological polar surface area (TPSA) is 39.1 Å². The first-order valence-corrected chi connectivity index (χ1v) is 6.85. The van der Waals surface area contributed by atoms with Gasteiger partial charge in [0.1, 0.15) is 0 Å². The van der Waals surface area contributed by atoms with Crippen LogP contribution in [0, 0.1) is 0 Å². The predicted molar refractivity (Wildman–Crippen MR) is 80.7 cm³/mol. The number of imidazole rings is 1. The maximum absolute atomic E-state index is 6.25. The third-order valence-corrected chi connectivity index (χ3v) is 3.28. The molecule has 0 fully saturated rings. The van der Waals surface area contributed by atoms with E-state index in [1.54, 1.807) is 30.7 Å². The van der Waals surface area contributed by atoms with Crippen molar-refractivity contribution in [3.8, 4) is 0 Å². The molecule has 1 aromatic carbocycles. The van der Waals surface area contributed by atoms with Crippen LogP contribution in [0.4, 0.5) is 0 Å². The number of hydrogen-bond acceptors (Lipinski definition) is 3. The van der Waals surface area contributed by atoms with Crippen molar-refractivity contribution in [3.63, 3.8) is 0 Å². The van der Waals surface area contributed by atoms with Crippen molar-refractivity contribution >= 4 is 23.2 Å². The fourth-order valence-corrected chi connectivity index (χ4v) is 2.34. The number of aromatic nitrogens is 2. The molecule has 1 unspecified atom stereocenters. The molecule has 0 radical (unpaired) electrons. The highest BCUT2D eigenvalue weighted by Gasteiger charge is 2.15. The normalized spacial score (nSPS) is 12.3. The fraction of sp³-hybridized carbons (Fsp3) is 0.214. The Morgan fingerprint density at radius 2 is 2.30 bits per heavy atom. The molecule has 0 saturated carbocycles. The van der Waals surface area contributed by atoms with Crippen LogP contribution in [0.2, 0.25) is 10.0 Å². The average Bonchev–Trinajstić information content (AvgIpc) is 2.91. The lowest BCUT2D eigenvalue weighted by Gasteiger charge is -2.20. The van der Waals surface area contributed by atoms with Gasteiger partial charge in [-0.05, 0) is 17.7 Å². The van der Waals surface area contributed by atoms with Crippen LogP contribution in [0.3, 0.4) is 0 Å². The van der Waals surface area contributed by atoms with Gasteiger partial charge in [-0.3, -0.25) is 4.84 Å². The molecule has 1 N–H and O–H groups in total. The molecule has 1 heterocycles. The Hall–Kier alpha value is -1.33. The second kappa shape index (κ2) is 7.45. The van der Waals surface area contributed by atoms with Crippen LogP contribution in [-0.2, 0) is 11.4 Å². The maximum Gasteiger partial charge on any atom is 0.0946 e. The van der Waals surface area contributed by atoms with E-state index in [9.17, 15) is 0 Å². The zero-order chi connectivity index (χ0) is 14.4. The first-order valence-electron chi connectivity index (χ1n) is 6.09. The first kappa shape index (κ1) is 15.1. The molecule has 1 atom stereocenters. The van der Waals surface area contributed by atoms with Crippen LogP contribution in [0.25, 0.3) is 0 Å². The fourth-order valence-electron chi connectivity index (χ4n) is 1.80. The molecule has 0 bridgehead atoms. The molecule has 0 spiro atoms. The summed E-state index contributed by atoms with van der Waals surface area (Å²) in [6.45, 7) is 4.66. The van der Waals surface area contributed by atoms with E-state index in [1.165, 1.54) is 0 Å². The van der Waals surface area contributed by atoms with Gasteiger partial charge in [0.15, 0.2) is 0 Å². The molecular formula is C14H15Cl2N3O. The molecule has 20 heavy (non-hydrogen) atoms. The second-order valence-electron chi connectivity index (χ2n) is 4.20. The maximum atomic E-state index is 6.25. The number of nitrogens with zero attached hydrogens (tertiary/aromatic N) is 2. The third kappa shape index (κ3) is 4.08. The summed E-state index contributed by atoms with van der Waals surface area (Å²) in [5.41, 5.74) is 3.90. The van der Waals surface area contributed by atoms with Crippen molar-refractivity contribution in [1.82, 2.24) is 15.0 Å². The summed E-state index contributed by atoms with van der Waals surface area (Å²) in [5, 5.41) is 1.20. The summed E-state index contributed by atoms with van der Waals surface area (Å²) in [4.78, 5) is 9.37. The van der Waals surface area contributed by atoms with Gasteiger partial charge in [0.05, 0.1) is 19.0 Å². The van der Waals surface area contributed by atoms with Crippen molar-refractivity contribution in [1.29, 1.82) is 0 Å². The molecule has 4 nitrogen and oxygen atoms in total. The number of halogens is 2. The zero-order valence-corrected chi connectivity index (χ0v) is 12.3. The molecule has 0 amide bonds. The average molecular weight is 312 g/mol. The third-order valence-electron chi connectivity index (χ3n) is 2.72. The number of benzene rings is 1. The summed E-state index contributed by atoms with van der Waals surface area (Å²) >= 11 is 12.2. The van der Waals surface area contributed by atoms with Crippen molar-refractivity contribution in [2.75, 3.05) is 6.61 Å². The monoisotopic (exact) mass is 311 g/mol. The lowest BCUT2D eigenvalue weighted by Crippen LogP contribution is -2.26. The van der Waals surface area contributed by atoms with Crippen molar-refractivity contribution in [3.05, 3.63) is 65.2 Å². The van der Waals surface area contributed by atoms with Gasteiger partial charge in [-0.1, -0.05) is 35.3 Å². The molecule has 0 aliphatic heterocycles. The Labute approximate surface area is 127 Å². The molecular weight excluding hydrogens is 297 g/mol. The van der Waals surface area contributed by atoms with Crippen LogP contribution >= 0.6 is 23.2 Å². The van der Waals surface area contributed by atoms with Crippen LogP contribution in [-0.4, -0.2) is 16.2 Å². The molecule has 6 heteroatoms. The van der Waals surface area contributed by atoms with Gasteiger partial charge in [-0.15, -0.1) is 6.58 Å².